The van der Waals surface area contributed by atoms with Crippen molar-refractivity contribution in [1.82, 2.24) is 14.9 Å². The monoisotopic (exact) mass is 609 g/mol. The largest absolute Gasteiger partial charge is 0.497 e. The summed E-state index contributed by atoms with van der Waals surface area (Å²) in [5.41, 5.74) is -0.0587. The minimum atomic E-state index is -4.38. The van der Waals surface area contributed by atoms with E-state index in [9.17, 15) is 26.4 Å². The Kier molecular flexibility index (Phi) is 9.47. The number of methoxy groups -OCH3 is 1. The Hall–Kier alpha value is -2.93. The van der Waals surface area contributed by atoms with Gasteiger partial charge in [-0.1, -0.05) is 18.2 Å². The van der Waals surface area contributed by atoms with E-state index >= 15 is 0 Å². The van der Waals surface area contributed by atoms with E-state index < -0.39 is 27.3 Å². The first-order valence-corrected chi connectivity index (χ1v) is 15.5. The van der Waals surface area contributed by atoms with Gasteiger partial charge in [0.1, 0.15) is 9.96 Å². The molecule has 7 nitrogen and oxygen atoms in total. The number of nitrogens with zero attached hydrogens (tertiary/aromatic N) is 1. The van der Waals surface area contributed by atoms with Crippen LogP contribution in [0.5, 0.6) is 5.75 Å². The Morgan fingerprint density at radius 2 is 1.68 bits per heavy atom. The number of rotatable bonds is 10. The van der Waals surface area contributed by atoms with Gasteiger partial charge in [0.2, 0.25) is 0 Å². The van der Waals surface area contributed by atoms with Gasteiger partial charge in [0.15, 0.2) is 0 Å². The van der Waals surface area contributed by atoms with Gasteiger partial charge in [0, 0.05) is 41.7 Å². The minimum Gasteiger partial charge on any atom is -0.497 e. The first kappa shape index (κ1) is 31.0. The standard InChI is InChI=1S/C29H34F3N3O4S2/c1-28(2,21-7-9-22(10-8-21)29(30,31)32)34-23-14-17-35(18-15-23)41(37,38)26-12-11-25(40-26)13-16-33-27(36)20-5-4-6-24(19-20)39-3/h4-12,19,23,34H,13-18H2,1-3H3,(H,33,36). The van der Waals surface area contributed by atoms with Crippen LogP contribution in [0, 0.1) is 0 Å². The van der Waals surface area contributed by atoms with Crippen molar-refractivity contribution in [3.63, 3.8) is 0 Å². The molecule has 2 N–H and O–H groups in total. The quantitative estimate of drug-likeness (QED) is 0.320. The number of alkyl halides is 3. The van der Waals surface area contributed by atoms with Gasteiger partial charge in [-0.3, -0.25) is 4.79 Å². The summed E-state index contributed by atoms with van der Waals surface area (Å²) >= 11 is 1.20. The van der Waals surface area contributed by atoms with Gasteiger partial charge < -0.3 is 15.4 Å². The molecule has 1 aliphatic rings. The molecule has 41 heavy (non-hydrogen) atoms. The van der Waals surface area contributed by atoms with Crippen molar-refractivity contribution in [3.8, 4) is 5.75 Å². The van der Waals surface area contributed by atoms with Crippen LogP contribution in [-0.2, 0) is 28.2 Å². The highest BCUT2D eigenvalue weighted by atomic mass is 32.2. The van der Waals surface area contributed by atoms with Crippen LogP contribution in [-0.4, -0.2) is 51.4 Å². The van der Waals surface area contributed by atoms with Crippen molar-refractivity contribution in [3.05, 3.63) is 82.2 Å². The molecule has 0 atom stereocenters. The Balaban J connectivity index is 1.28. The smallest absolute Gasteiger partial charge is 0.416 e. The lowest BCUT2D eigenvalue weighted by Gasteiger charge is -2.37. The van der Waals surface area contributed by atoms with Crippen LogP contribution < -0.4 is 15.4 Å². The number of carbonyl (C=O) groups is 1. The molecule has 1 aromatic heterocycles. The first-order valence-electron chi connectivity index (χ1n) is 13.3. The second-order valence-corrected chi connectivity index (χ2v) is 13.8. The zero-order chi connectivity index (χ0) is 29.8. The van der Waals surface area contributed by atoms with Crippen LogP contribution in [0.15, 0.2) is 64.9 Å². The molecule has 222 valence electrons. The number of ether oxygens (including phenoxy) is 1. The van der Waals surface area contributed by atoms with Crippen LogP contribution in [0.2, 0.25) is 0 Å². The molecular formula is C29H34F3N3O4S2. The number of carbonyl (C=O) groups excluding carboxylic acids is 1. The van der Waals surface area contributed by atoms with Gasteiger partial charge >= 0.3 is 6.18 Å². The summed E-state index contributed by atoms with van der Waals surface area (Å²) in [6.45, 7) is 4.86. The zero-order valence-electron chi connectivity index (χ0n) is 23.1. The molecule has 0 bridgehead atoms. The lowest BCUT2D eigenvalue weighted by molar-refractivity contribution is -0.137. The Morgan fingerprint density at radius 1 is 1.02 bits per heavy atom. The molecule has 3 aromatic rings. The predicted octanol–water partition coefficient (Wildman–Crippen LogP) is 5.43. The molecule has 0 saturated carbocycles. The third kappa shape index (κ3) is 7.68. The molecule has 2 heterocycles. The van der Waals surface area contributed by atoms with Crippen molar-refractivity contribution in [2.75, 3.05) is 26.7 Å². The van der Waals surface area contributed by atoms with E-state index in [1.807, 2.05) is 13.8 Å². The number of thiophene rings is 1. The van der Waals surface area contributed by atoms with Crippen LogP contribution in [0.4, 0.5) is 13.2 Å². The maximum Gasteiger partial charge on any atom is 0.416 e. The van der Waals surface area contributed by atoms with E-state index in [1.165, 1.54) is 34.9 Å². The fourth-order valence-electron chi connectivity index (χ4n) is 4.83. The molecular weight excluding hydrogens is 575 g/mol. The third-order valence-corrected chi connectivity index (χ3v) is 10.7. The van der Waals surface area contributed by atoms with E-state index in [0.29, 0.717) is 50.2 Å². The number of amides is 1. The number of nitrogens with one attached hydrogen (secondary N) is 2. The Bertz CT molecular complexity index is 1450. The summed E-state index contributed by atoms with van der Waals surface area (Å²) in [5.74, 6) is 0.361. The fraction of sp³-hybridized carbons (Fsp3) is 0.414. The van der Waals surface area contributed by atoms with Gasteiger partial charge in [-0.05, 0) is 81.1 Å². The lowest BCUT2D eigenvalue weighted by Crippen LogP contribution is -2.50. The first-order chi connectivity index (χ1) is 19.3. The number of halogens is 3. The molecule has 1 aliphatic heterocycles. The third-order valence-electron chi connectivity index (χ3n) is 7.17. The molecule has 12 heteroatoms. The SMILES string of the molecule is COc1cccc(C(=O)NCCc2ccc(S(=O)(=O)N3CCC(NC(C)(C)c4ccc(C(F)(F)F)cc4)CC3)s2)c1. The topological polar surface area (TPSA) is 87.7 Å². The van der Waals surface area contributed by atoms with Crippen molar-refractivity contribution in [1.29, 1.82) is 0 Å². The molecule has 0 unspecified atom stereocenters. The van der Waals surface area contributed by atoms with E-state index in [1.54, 1.807) is 36.4 Å². The minimum absolute atomic E-state index is 0.0193. The highest BCUT2D eigenvalue weighted by Crippen LogP contribution is 2.32. The number of sulfonamides is 1. The van der Waals surface area contributed by atoms with Crippen molar-refractivity contribution in [2.24, 2.45) is 0 Å². The normalized spacial score (nSPS) is 15.6. The molecule has 2 aromatic carbocycles. The average Bonchev–Trinajstić information content (AvgIpc) is 3.43. The molecule has 0 radical (unpaired) electrons. The highest BCUT2D eigenvalue weighted by molar-refractivity contribution is 7.91. The maximum absolute atomic E-state index is 13.3. The number of hydrogen-bond donors (Lipinski definition) is 2. The maximum atomic E-state index is 13.3. The number of benzene rings is 2. The van der Waals surface area contributed by atoms with Crippen LogP contribution >= 0.6 is 11.3 Å². The van der Waals surface area contributed by atoms with Gasteiger partial charge in [-0.2, -0.15) is 17.5 Å². The lowest BCUT2D eigenvalue weighted by atomic mass is 9.91. The fourth-order valence-corrected chi connectivity index (χ4v) is 7.81. The van der Waals surface area contributed by atoms with Gasteiger partial charge in [-0.25, -0.2) is 8.42 Å². The molecule has 1 saturated heterocycles. The molecule has 4 rings (SSSR count). The van der Waals surface area contributed by atoms with E-state index in [0.717, 1.165) is 22.6 Å². The Morgan fingerprint density at radius 3 is 2.32 bits per heavy atom. The zero-order valence-corrected chi connectivity index (χ0v) is 24.8. The number of piperidine rings is 1. The van der Waals surface area contributed by atoms with Crippen LogP contribution in [0.3, 0.4) is 0 Å². The van der Waals surface area contributed by atoms with E-state index in [4.69, 9.17) is 4.74 Å². The molecule has 0 spiro atoms. The summed E-state index contributed by atoms with van der Waals surface area (Å²) in [6, 6.07) is 15.4. The summed E-state index contributed by atoms with van der Waals surface area (Å²) in [7, 11) is -2.12. The molecule has 0 aliphatic carbocycles. The predicted molar refractivity (Wildman–Crippen MR) is 153 cm³/mol. The van der Waals surface area contributed by atoms with Crippen molar-refractivity contribution in [2.45, 2.75) is 55.1 Å². The second kappa shape index (κ2) is 12.5. The van der Waals surface area contributed by atoms with Crippen molar-refractivity contribution >= 4 is 27.3 Å². The second-order valence-electron chi connectivity index (χ2n) is 10.5. The average molecular weight is 610 g/mol. The summed E-state index contributed by atoms with van der Waals surface area (Å²) in [4.78, 5) is 13.3. The highest BCUT2D eigenvalue weighted by Gasteiger charge is 2.34. The van der Waals surface area contributed by atoms with Gasteiger partial charge in [0.25, 0.3) is 15.9 Å². The summed E-state index contributed by atoms with van der Waals surface area (Å²) in [6.07, 6.45) is -2.72. The van der Waals surface area contributed by atoms with Gasteiger partial charge in [-0.15, -0.1) is 11.3 Å². The van der Waals surface area contributed by atoms with Gasteiger partial charge in [0.05, 0.1) is 12.7 Å². The van der Waals surface area contributed by atoms with Crippen LogP contribution in [0.25, 0.3) is 0 Å². The molecule has 1 fully saturated rings. The number of hydrogen-bond acceptors (Lipinski definition) is 6. The Labute approximate surface area is 242 Å². The molecule has 1 amide bonds. The van der Waals surface area contributed by atoms with Crippen molar-refractivity contribution < 1.29 is 31.1 Å². The summed E-state index contributed by atoms with van der Waals surface area (Å²) < 4.78 is 72.3. The van der Waals surface area contributed by atoms with Crippen LogP contribution in [0.1, 0.15) is 53.1 Å². The van der Waals surface area contributed by atoms with E-state index in [-0.39, 0.29) is 16.2 Å². The summed E-state index contributed by atoms with van der Waals surface area (Å²) in [5, 5.41) is 6.34. The van der Waals surface area contributed by atoms with E-state index in [2.05, 4.69) is 10.6 Å².